The molecule has 0 aromatic heterocycles. The highest BCUT2D eigenvalue weighted by Crippen LogP contribution is 2.66. The number of nitrogens with zero attached hydrogens (tertiary/aromatic N) is 1. The van der Waals surface area contributed by atoms with Crippen LogP contribution < -0.4 is 5.73 Å². The molecular formula is C12H21N2O12P3. The molecule has 1 saturated heterocycles. The van der Waals surface area contributed by atoms with Gasteiger partial charge in [0.2, 0.25) is 0 Å². The summed E-state index contributed by atoms with van der Waals surface area (Å²) in [5.41, 5.74) is 6.80. The zero-order valence-electron chi connectivity index (χ0n) is 15.0. The van der Waals surface area contributed by atoms with Gasteiger partial charge in [-0.1, -0.05) is 12.7 Å². The average Bonchev–Trinajstić information content (AvgIpc) is 2.86. The number of nitrogens with two attached hydrogens (primary N) is 1. The summed E-state index contributed by atoms with van der Waals surface area (Å²) in [6.45, 7) is 4.78. The van der Waals surface area contributed by atoms with Gasteiger partial charge >= 0.3 is 23.5 Å². The predicted octanol–water partition coefficient (Wildman–Crippen LogP) is 0.295. The number of aliphatic hydroxyl groups excluding tert-OH is 1. The number of dihydropyridines is 1. The van der Waals surface area contributed by atoms with Gasteiger partial charge in [-0.25, -0.2) is 18.7 Å². The molecular weight excluding hydrogens is 457 g/mol. The van der Waals surface area contributed by atoms with Crippen molar-refractivity contribution < 1.29 is 56.3 Å². The first-order chi connectivity index (χ1) is 13.1. The molecule has 7 N–H and O–H groups in total. The van der Waals surface area contributed by atoms with Crippen molar-refractivity contribution in [1.82, 2.24) is 0 Å². The largest absolute Gasteiger partial charge is 0.490 e. The molecule has 2 rings (SSSR count). The number of hydrogen-bond donors (Lipinski definition) is 6. The van der Waals surface area contributed by atoms with Crippen molar-refractivity contribution in [3.8, 4) is 0 Å². The predicted molar refractivity (Wildman–Crippen MR) is 97.1 cm³/mol. The quantitative estimate of drug-likeness (QED) is 0.258. The molecule has 0 radical (unpaired) electrons. The summed E-state index contributed by atoms with van der Waals surface area (Å²) < 4.78 is 50.9. The van der Waals surface area contributed by atoms with Crippen LogP contribution in [0.3, 0.4) is 0 Å². The molecule has 0 amide bonds. The Hall–Kier alpha value is -0.720. The number of rotatable bonds is 8. The Bertz CT molecular complexity index is 866. The van der Waals surface area contributed by atoms with E-state index in [9.17, 15) is 23.7 Å². The zero-order valence-corrected chi connectivity index (χ0v) is 17.7. The van der Waals surface area contributed by atoms with E-state index >= 15 is 0 Å². The molecule has 166 valence electrons. The Morgan fingerprint density at radius 3 is 2.45 bits per heavy atom. The van der Waals surface area contributed by atoms with E-state index in [1.807, 2.05) is 0 Å². The van der Waals surface area contributed by atoms with Crippen LogP contribution >= 0.6 is 23.5 Å². The van der Waals surface area contributed by atoms with Crippen LogP contribution in [-0.2, 0) is 31.6 Å². The molecule has 6 atom stereocenters. The fraction of sp³-hybridized carbons (Fsp3) is 0.583. The molecule has 2 aliphatic heterocycles. The van der Waals surface area contributed by atoms with E-state index in [0.29, 0.717) is 17.1 Å². The minimum atomic E-state index is -5.62. The van der Waals surface area contributed by atoms with Gasteiger partial charge in [-0.2, -0.15) is 8.62 Å². The van der Waals surface area contributed by atoms with Crippen LogP contribution in [0, 0.1) is 5.92 Å². The third-order valence-corrected chi connectivity index (χ3v) is 7.76. The van der Waals surface area contributed by atoms with Crippen LogP contribution in [0.5, 0.6) is 0 Å². The number of phosphoric acid groups is 3. The van der Waals surface area contributed by atoms with Crippen LogP contribution in [0.2, 0.25) is 0 Å². The number of aliphatic imine (C=N–C) groups is 1. The van der Waals surface area contributed by atoms with Crippen molar-refractivity contribution >= 4 is 29.3 Å². The van der Waals surface area contributed by atoms with Crippen molar-refractivity contribution in [1.29, 1.82) is 0 Å². The van der Waals surface area contributed by atoms with E-state index in [1.54, 1.807) is 13.0 Å². The molecule has 14 nitrogen and oxygen atoms in total. The number of amidine groups is 1. The molecule has 1 fully saturated rings. The van der Waals surface area contributed by atoms with E-state index in [0.717, 1.165) is 0 Å². The van der Waals surface area contributed by atoms with Gasteiger partial charge in [-0.05, 0) is 12.5 Å². The number of ether oxygens (including phenoxy) is 1. The lowest BCUT2D eigenvalue weighted by Gasteiger charge is -2.25. The Labute approximate surface area is 165 Å². The van der Waals surface area contributed by atoms with E-state index in [-0.39, 0.29) is 6.42 Å². The van der Waals surface area contributed by atoms with Crippen LogP contribution in [0.4, 0.5) is 0 Å². The van der Waals surface area contributed by atoms with Crippen molar-refractivity contribution in [2.45, 2.75) is 31.7 Å². The summed E-state index contributed by atoms with van der Waals surface area (Å²) in [5.74, 6) is -0.109. The summed E-state index contributed by atoms with van der Waals surface area (Å²) >= 11 is 0. The van der Waals surface area contributed by atoms with Gasteiger partial charge in [0.05, 0.1) is 18.8 Å². The van der Waals surface area contributed by atoms with Gasteiger partial charge in [0.25, 0.3) is 0 Å². The topological polar surface area (TPSA) is 228 Å². The lowest BCUT2D eigenvalue weighted by molar-refractivity contribution is -0.0284. The molecule has 0 aliphatic carbocycles. The third kappa shape index (κ3) is 7.18. The van der Waals surface area contributed by atoms with Crippen molar-refractivity contribution in [2.75, 3.05) is 6.61 Å². The van der Waals surface area contributed by atoms with Gasteiger partial charge in [-0.15, -0.1) is 0 Å². The molecule has 0 saturated carbocycles. The maximum Gasteiger partial charge on any atom is 0.490 e. The van der Waals surface area contributed by atoms with Gasteiger partial charge in [0.1, 0.15) is 11.9 Å². The smallest absolute Gasteiger partial charge is 0.390 e. The van der Waals surface area contributed by atoms with Gasteiger partial charge in [0.15, 0.2) is 0 Å². The van der Waals surface area contributed by atoms with Crippen molar-refractivity contribution in [2.24, 2.45) is 16.6 Å². The van der Waals surface area contributed by atoms with E-state index < -0.39 is 54.3 Å². The van der Waals surface area contributed by atoms with Crippen LogP contribution in [0.1, 0.15) is 13.3 Å². The minimum Gasteiger partial charge on any atom is -0.390 e. The average molecular weight is 478 g/mol. The first-order valence-corrected chi connectivity index (χ1v) is 12.4. The first-order valence-electron chi connectivity index (χ1n) is 7.92. The Kier molecular flexibility index (Phi) is 7.45. The molecule has 6 unspecified atom stereocenters. The second-order valence-corrected chi connectivity index (χ2v) is 10.7. The van der Waals surface area contributed by atoms with E-state index in [4.69, 9.17) is 25.2 Å². The molecule has 2 heterocycles. The molecule has 0 spiro atoms. The van der Waals surface area contributed by atoms with Gasteiger partial charge in [-0.3, -0.25) is 4.52 Å². The molecule has 2 aliphatic rings. The Morgan fingerprint density at radius 1 is 1.24 bits per heavy atom. The van der Waals surface area contributed by atoms with E-state index in [2.05, 4.69) is 24.7 Å². The van der Waals surface area contributed by atoms with Gasteiger partial charge in [0, 0.05) is 18.0 Å². The standard InChI is InChI=1S/C12H21N2O12P3/c1-6-3-8(7(2)14-12(6)13)10-4-9(15)11(24-10)5-23-28(19,20)26-29(21,22)25-27(16,17)18/h3,8-11,15H,2,4-5H2,1H3,(H2,13,14)(H,19,20)(H,21,22)(H2,16,17,18). The minimum absolute atomic E-state index is 0.104. The normalized spacial score (nSPS) is 32.3. The molecule has 0 bridgehead atoms. The van der Waals surface area contributed by atoms with Crippen molar-refractivity contribution in [3.05, 3.63) is 23.9 Å². The number of phosphoric ester groups is 1. The zero-order chi connectivity index (χ0) is 22.2. The Balaban J connectivity index is 1.96. The first kappa shape index (κ1) is 24.5. The van der Waals surface area contributed by atoms with Crippen LogP contribution in [0.15, 0.2) is 28.9 Å². The Morgan fingerprint density at radius 2 is 1.86 bits per heavy atom. The summed E-state index contributed by atoms with van der Waals surface area (Å²) in [4.78, 5) is 39.6. The lowest BCUT2D eigenvalue weighted by atomic mass is 9.92. The maximum atomic E-state index is 11.7. The monoisotopic (exact) mass is 478 g/mol. The molecule has 0 aromatic rings. The second-order valence-electron chi connectivity index (χ2n) is 6.27. The summed E-state index contributed by atoms with van der Waals surface area (Å²) in [5, 5.41) is 10.1. The molecule has 0 aromatic carbocycles. The SMILES string of the molecule is C=C1N=C(N)C(C)=CC1C1CC(O)C(COP(=O)(O)OP(=O)(O)OP(=O)(O)O)O1. The fourth-order valence-electron chi connectivity index (χ4n) is 2.70. The molecule has 17 heteroatoms. The second kappa shape index (κ2) is 8.80. The highest BCUT2D eigenvalue weighted by molar-refractivity contribution is 7.66. The third-order valence-electron chi connectivity index (χ3n) is 3.95. The summed E-state index contributed by atoms with van der Waals surface area (Å²) in [6, 6.07) is 0. The van der Waals surface area contributed by atoms with Gasteiger partial charge < -0.3 is 35.2 Å². The highest BCUT2D eigenvalue weighted by atomic mass is 31.3. The molecule has 29 heavy (non-hydrogen) atoms. The fourth-order valence-corrected chi connectivity index (χ4v) is 5.73. The lowest BCUT2D eigenvalue weighted by Crippen LogP contribution is -2.28. The van der Waals surface area contributed by atoms with Crippen molar-refractivity contribution in [3.63, 3.8) is 0 Å². The van der Waals surface area contributed by atoms with Crippen LogP contribution in [0.25, 0.3) is 0 Å². The highest BCUT2D eigenvalue weighted by Gasteiger charge is 2.44. The number of aliphatic hydroxyl groups is 1. The summed E-state index contributed by atoms with van der Waals surface area (Å²) in [6.07, 6.45) is -0.981. The van der Waals surface area contributed by atoms with Crippen LogP contribution in [-0.4, -0.2) is 55.4 Å². The maximum absolute atomic E-state index is 11.7. The summed E-state index contributed by atoms with van der Waals surface area (Å²) in [7, 11) is -16.4. The van der Waals surface area contributed by atoms with E-state index in [1.165, 1.54) is 0 Å². The number of hydrogen-bond acceptors (Lipinski definition) is 10.